The van der Waals surface area contributed by atoms with Crippen molar-refractivity contribution in [2.24, 2.45) is 10.2 Å². The van der Waals surface area contributed by atoms with Gasteiger partial charge >= 0.3 is 10.4 Å². The van der Waals surface area contributed by atoms with E-state index in [4.69, 9.17) is 21.9 Å². The highest BCUT2D eigenvalue weighted by atomic mass is 35.5. The summed E-state index contributed by atoms with van der Waals surface area (Å²) in [7, 11) is -18.8. The number of sulfone groups is 1. The first-order chi connectivity index (χ1) is 22.6. The van der Waals surface area contributed by atoms with Gasteiger partial charge in [-0.15, -0.1) is 10.2 Å². The first kappa shape index (κ1) is 37.4. The molecule has 0 saturated carbocycles. The summed E-state index contributed by atoms with van der Waals surface area (Å²) in [5.41, 5.74) is 6.42. The van der Waals surface area contributed by atoms with Gasteiger partial charge in [0.25, 0.3) is 20.2 Å². The molecule has 0 radical (unpaired) electrons. The highest BCUT2D eigenvalue weighted by molar-refractivity contribution is 7.91. The number of nitrogens with one attached hydrogen (secondary N) is 2. The largest absolute Gasteiger partial charge is 0.397 e. The van der Waals surface area contributed by atoms with Crippen molar-refractivity contribution in [3.63, 3.8) is 0 Å². The van der Waals surface area contributed by atoms with Crippen molar-refractivity contribution in [3.05, 3.63) is 65.4 Å². The summed E-state index contributed by atoms with van der Waals surface area (Å²) in [6.07, 6.45) is 0. The average Bonchev–Trinajstić information content (AvgIpc) is 2.95. The molecule has 0 spiro atoms. The second-order valence-corrected chi connectivity index (χ2v) is 15.9. The Balaban J connectivity index is 1.54. The number of nitrogen functional groups attached to an aromatic ring is 1. The van der Waals surface area contributed by atoms with Crippen LogP contribution in [0.3, 0.4) is 0 Å². The maximum Gasteiger partial charge on any atom is 0.397 e. The van der Waals surface area contributed by atoms with E-state index in [0.29, 0.717) is 17.3 Å². The number of nitrogens with zero attached hydrogens (tertiary/aromatic N) is 5. The van der Waals surface area contributed by atoms with Gasteiger partial charge in [-0.05, 0) is 72.6 Å². The summed E-state index contributed by atoms with van der Waals surface area (Å²) < 4.78 is 125. The molecule has 0 unspecified atom stereocenters. The van der Waals surface area contributed by atoms with Gasteiger partial charge in [0, 0.05) is 11.4 Å². The summed E-state index contributed by atoms with van der Waals surface area (Å²) in [5.74, 6) is -1.13. The Hall–Kier alpha value is -4.40. The molecule has 3 aromatic carbocycles. The highest BCUT2D eigenvalue weighted by Crippen LogP contribution is 2.32. The van der Waals surface area contributed by atoms with Gasteiger partial charge in [0.15, 0.2) is 9.84 Å². The molecule has 25 heteroatoms. The predicted molar refractivity (Wildman–Crippen MR) is 173 cm³/mol. The number of azo groups is 1. The van der Waals surface area contributed by atoms with E-state index in [-0.39, 0.29) is 39.1 Å². The second-order valence-electron chi connectivity index (χ2n) is 9.60. The third-order valence-corrected chi connectivity index (χ3v) is 10.2. The Morgan fingerprint density at radius 2 is 1.31 bits per heavy atom. The van der Waals surface area contributed by atoms with Crippen LogP contribution in [0, 0.1) is 6.92 Å². The molecular weight excluding hydrogens is 756 g/mol. The standard InChI is InChI=1S/C24H23ClN8O12S4/c1-13-2-3-15(11-20(13)47(36,37)38)28-24-30-22(25)29-23(31-24)27-14-4-6-18(17(26)10-14)32-33-19-7-5-16(12-21(19)48(39,40)41)46(34,35)9-8-45-49(42,43)44/h2-7,10-12H,8-9,26H2,1H3,(H,36,37,38)(H,39,40,41)(H,42,43,44)(H2,27,28,29,30,31). The van der Waals surface area contributed by atoms with Crippen molar-refractivity contribution in [2.45, 2.75) is 21.6 Å². The fraction of sp³-hybridized carbons (Fsp3) is 0.125. The number of hydrogen-bond donors (Lipinski definition) is 6. The molecular formula is C24H23ClN8O12S4. The first-order valence-corrected chi connectivity index (χ1v) is 19.2. The van der Waals surface area contributed by atoms with Crippen molar-refractivity contribution >= 4 is 92.4 Å². The van der Waals surface area contributed by atoms with Gasteiger partial charge in [-0.1, -0.05) is 6.07 Å². The molecule has 0 aliphatic carbocycles. The first-order valence-electron chi connectivity index (χ1n) is 12.9. The van der Waals surface area contributed by atoms with Crippen LogP contribution in [0.4, 0.5) is 40.3 Å². The molecule has 7 N–H and O–H groups in total. The molecule has 4 rings (SSSR count). The molecule has 49 heavy (non-hydrogen) atoms. The minimum Gasteiger partial charge on any atom is -0.397 e. The van der Waals surface area contributed by atoms with E-state index >= 15 is 0 Å². The molecule has 0 aliphatic heterocycles. The topological polar surface area (TPSA) is 320 Å². The van der Waals surface area contributed by atoms with Gasteiger partial charge in [-0.25, -0.2) is 12.6 Å². The Morgan fingerprint density at radius 1 is 0.755 bits per heavy atom. The zero-order chi connectivity index (χ0) is 36.4. The van der Waals surface area contributed by atoms with Gasteiger partial charge in [-0.2, -0.15) is 40.2 Å². The smallest absolute Gasteiger partial charge is 0.397 e. The number of anilines is 5. The molecule has 20 nitrogen and oxygen atoms in total. The molecule has 1 aromatic heterocycles. The lowest BCUT2D eigenvalue weighted by Crippen LogP contribution is -2.16. The van der Waals surface area contributed by atoms with E-state index in [9.17, 15) is 42.8 Å². The van der Waals surface area contributed by atoms with Gasteiger partial charge in [0.2, 0.25) is 17.2 Å². The van der Waals surface area contributed by atoms with Crippen LogP contribution in [0.25, 0.3) is 0 Å². The van der Waals surface area contributed by atoms with E-state index in [1.165, 1.54) is 43.3 Å². The lowest BCUT2D eigenvalue weighted by atomic mass is 10.2. The van der Waals surface area contributed by atoms with Crippen LogP contribution in [-0.2, 0) is 44.7 Å². The predicted octanol–water partition coefficient (Wildman–Crippen LogP) is 3.40. The quantitative estimate of drug-likeness (QED) is 0.0643. The molecule has 4 aromatic rings. The molecule has 0 aliphatic rings. The van der Waals surface area contributed by atoms with E-state index in [1.807, 2.05) is 0 Å². The van der Waals surface area contributed by atoms with E-state index < -0.39 is 68.3 Å². The third-order valence-electron chi connectivity index (χ3n) is 6.03. The number of nitrogens with two attached hydrogens (primary N) is 1. The van der Waals surface area contributed by atoms with Crippen molar-refractivity contribution in [1.82, 2.24) is 15.0 Å². The molecule has 0 bridgehead atoms. The van der Waals surface area contributed by atoms with E-state index in [0.717, 1.165) is 12.1 Å². The molecule has 0 fully saturated rings. The zero-order valence-electron chi connectivity index (χ0n) is 24.5. The SMILES string of the molecule is Cc1ccc(Nc2nc(Cl)nc(Nc3ccc(N=Nc4ccc(S(=O)(=O)CCOS(=O)(=O)O)cc4S(=O)(=O)O)c(N)c3)n2)cc1S(=O)(=O)O. The van der Waals surface area contributed by atoms with E-state index in [2.05, 4.69) is 40.0 Å². The molecule has 1 heterocycles. The van der Waals surface area contributed by atoms with Crippen molar-refractivity contribution in [1.29, 1.82) is 0 Å². The number of benzene rings is 3. The van der Waals surface area contributed by atoms with Gasteiger partial charge < -0.3 is 16.4 Å². The van der Waals surface area contributed by atoms with E-state index in [1.54, 1.807) is 0 Å². The van der Waals surface area contributed by atoms with Gasteiger partial charge in [-0.3, -0.25) is 13.7 Å². The fourth-order valence-electron chi connectivity index (χ4n) is 3.85. The maximum absolute atomic E-state index is 12.5. The molecule has 0 atom stereocenters. The Bertz CT molecular complexity index is 2410. The number of aromatic nitrogens is 3. The summed E-state index contributed by atoms with van der Waals surface area (Å²) in [6.45, 7) is 0.524. The number of aryl methyl sites for hydroxylation is 1. The fourth-order valence-corrected chi connectivity index (χ4v) is 7.00. The molecule has 0 amide bonds. The number of hydrogen-bond acceptors (Lipinski definition) is 17. The summed E-state index contributed by atoms with van der Waals surface area (Å²) in [4.78, 5) is 10.1. The van der Waals surface area contributed by atoms with Gasteiger partial charge in [0.05, 0.1) is 27.8 Å². The van der Waals surface area contributed by atoms with Crippen LogP contribution < -0.4 is 16.4 Å². The highest BCUT2D eigenvalue weighted by Gasteiger charge is 2.23. The normalized spacial score (nSPS) is 12.7. The molecule has 262 valence electrons. The summed E-state index contributed by atoms with van der Waals surface area (Å²) in [6, 6.07) is 10.7. The zero-order valence-corrected chi connectivity index (χ0v) is 28.5. The van der Waals surface area contributed by atoms with Crippen LogP contribution in [0.15, 0.2) is 79.5 Å². The second kappa shape index (κ2) is 14.2. The number of rotatable bonds is 13. The maximum atomic E-state index is 12.5. The van der Waals surface area contributed by atoms with Crippen molar-refractivity contribution < 1.29 is 51.5 Å². The number of halogens is 1. The van der Waals surface area contributed by atoms with Crippen LogP contribution in [0.5, 0.6) is 0 Å². The minimum atomic E-state index is -5.05. The third kappa shape index (κ3) is 10.3. The summed E-state index contributed by atoms with van der Waals surface area (Å²) in [5, 5.41) is 13.0. The Kier molecular flexibility index (Phi) is 10.9. The Labute approximate surface area is 283 Å². The lowest BCUT2D eigenvalue weighted by Gasteiger charge is -2.11. The molecule has 0 saturated heterocycles. The monoisotopic (exact) mass is 778 g/mol. The Morgan fingerprint density at radius 3 is 1.88 bits per heavy atom. The average molecular weight is 779 g/mol. The summed E-state index contributed by atoms with van der Waals surface area (Å²) >= 11 is 6.02. The lowest BCUT2D eigenvalue weighted by molar-refractivity contribution is 0.284. The van der Waals surface area contributed by atoms with Crippen LogP contribution in [-0.4, -0.2) is 74.6 Å². The minimum absolute atomic E-state index is 0.00362. The van der Waals surface area contributed by atoms with Crippen molar-refractivity contribution in [2.75, 3.05) is 28.7 Å². The van der Waals surface area contributed by atoms with Crippen LogP contribution >= 0.6 is 11.6 Å². The van der Waals surface area contributed by atoms with Crippen molar-refractivity contribution in [3.8, 4) is 0 Å². The van der Waals surface area contributed by atoms with Gasteiger partial charge in [0.1, 0.15) is 16.3 Å². The van der Waals surface area contributed by atoms with Crippen LogP contribution in [0.1, 0.15) is 5.56 Å². The van der Waals surface area contributed by atoms with Crippen LogP contribution in [0.2, 0.25) is 5.28 Å².